The highest BCUT2D eigenvalue weighted by Gasteiger charge is 2.18. The first-order valence-corrected chi connectivity index (χ1v) is 12.6. The maximum atomic E-state index is 9.67. The molecular formula is C34H24N2O4. The first-order valence-electron chi connectivity index (χ1n) is 12.6. The Kier molecular flexibility index (Phi) is 8.22. The Balaban J connectivity index is 1.44. The minimum absolute atomic E-state index is 0.168. The quantitative estimate of drug-likeness (QED) is 0.183. The lowest BCUT2D eigenvalue weighted by atomic mass is 10.1. The summed E-state index contributed by atoms with van der Waals surface area (Å²) < 4.78 is 24.6. The fourth-order valence-corrected chi connectivity index (χ4v) is 3.92. The molecule has 0 amide bonds. The molecule has 0 bridgehead atoms. The highest BCUT2D eigenvalue weighted by molar-refractivity contribution is 5.59. The molecule has 0 saturated heterocycles. The predicted octanol–water partition coefficient (Wildman–Crippen LogP) is 8.17. The normalized spacial score (nSPS) is 10.2. The second-order valence-electron chi connectivity index (χ2n) is 8.71. The van der Waals surface area contributed by atoms with Gasteiger partial charge < -0.3 is 18.9 Å². The molecule has 5 aromatic carbocycles. The van der Waals surface area contributed by atoms with Crippen molar-refractivity contribution >= 4 is 0 Å². The molecule has 0 aromatic heterocycles. The third-order valence-corrected chi connectivity index (χ3v) is 5.94. The largest absolute Gasteiger partial charge is 0.485 e. The van der Waals surface area contributed by atoms with Gasteiger partial charge in [0.05, 0.1) is 11.1 Å². The van der Waals surface area contributed by atoms with Crippen LogP contribution in [0, 0.1) is 22.7 Å². The van der Waals surface area contributed by atoms with Crippen molar-refractivity contribution in [2.45, 2.75) is 13.2 Å². The van der Waals surface area contributed by atoms with Crippen molar-refractivity contribution in [2.24, 2.45) is 0 Å². The van der Waals surface area contributed by atoms with Crippen molar-refractivity contribution in [3.05, 3.63) is 144 Å². The SMILES string of the molecule is N#Cc1cc(Oc2ccccc2OCc2ccccc2)c(Oc2ccccc2OCc2ccccc2)cc1C#N. The second-order valence-corrected chi connectivity index (χ2v) is 8.71. The van der Waals surface area contributed by atoms with Gasteiger partial charge in [0.15, 0.2) is 34.5 Å². The van der Waals surface area contributed by atoms with E-state index in [9.17, 15) is 10.5 Å². The van der Waals surface area contributed by atoms with E-state index in [2.05, 4.69) is 12.1 Å². The molecule has 0 aliphatic heterocycles. The average molecular weight is 525 g/mol. The number of hydrogen-bond donors (Lipinski definition) is 0. The van der Waals surface area contributed by atoms with Crippen LogP contribution in [0.5, 0.6) is 34.5 Å². The van der Waals surface area contributed by atoms with E-state index in [4.69, 9.17) is 18.9 Å². The molecule has 5 rings (SSSR count). The van der Waals surface area contributed by atoms with E-state index in [-0.39, 0.29) is 22.6 Å². The van der Waals surface area contributed by atoms with Crippen molar-refractivity contribution in [1.29, 1.82) is 10.5 Å². The minimum Gasteiger partial charge on any atom is -0.485 e. The van der Waals surface area contributed by atoms with Crippen molar-refractivity contribution in [1.82, 2.24) is 0 Å². The van der Waals surface area contributed by atoms with Crippen LogP contribution in [-0.4, -0.2) is 0 Å². The van der Waals surface area contributed by atoms with Gasteiger partial charge in [0.1, 0.15) is 25.4 Å². The number of hydrogen-bond acceptors (Lipinski definition) is 6. The van der Waals surface area contributed by atoms with Crippen LogP contribution < -0.4 is 18.9 Å². The highest BCUT2D eigenvalue weighted by atomic mass is 16.5. The van der Waals surface area contributed by atoms with Crippen LogP contribution in [0.4, 0.5) is 0 Å². The molecule has 0 heterocycles. The summed E-state index contributed by atoms with van der Waals surface area (Å²) in [6.07, 6.45) is 0. The molecule has 0 radical (unpaired) electrons. The van der Waals surface area contributed by atoms with E-state index < -0.39 is 0 Å². The van der Waals surface area contributed by atoms with Gasteiger partial charge in [-0.2, -0.15) is 10.5 Å². The summed E-state index contributed by atoms with van der Waals surface area (Å²) in [5.41, 5.74) is 2.36. The van der Waals surface area contributed by atoms with Crippen LogP contribution in [0.3, 0.4) is 0 Å². The molecule has 0 unspecified atom stereocenters. The summed E-state index contributed by atoms with van der Waals surface area (Å²) in [6, 6.07) is 41.2. The van der Waals surface area contributed by atoms with Gasteiger partial charge in [0, 0.05) is 12.1 Å². The first kappa shape index (κ1) is 25.9. The van der Waals surface area contributed by atoms with Gasteiger partial charge in [-0.3, -0.25) is 0 Å². The molecule has 0 N–H and O–H groups in total. The number of benzene rings is 5. The van der Waals surface area contributed by atoms with Gasteiger partial charge in [-0.15, -0.1) is 0 Å². The van der Waals surface area contributed by atoms with Crippen molar-refractivity contribution in [2.75, 3.05) is 0 Å². The third-order valence-electron chi connectivity index (χ3n) is 5.94. The van der Waals surface area contributed by atoms with E-state index in [0.717, 1.165) is 11.1 Å². The lowest BCUT2D eigenvalue weighted by molar-refractivity contribution is 0.285. The van der Waals surface area contributed by atoms with Gasteiger partial charge >= 0.3 is 0 Å². The summed E-state index contributed by atoms with van der Waals surface area (Å²) in [4.78, 5) is 0. The Bertz CT molecular complexity index is 1550. The van der Waals surface area contributed by atoms with Crippen LogP contribution >= 0.6 is 0 Å². The first-order chi connectivity index (χ1) is 19.7. The molecular weight excluding hydrogens is 500 g/mol. The maximum Gasteiger partial charge on any atom is 0.171 e. The number of nitrogens with zero attached hydrogens (tertiary/aromatic N) is 2. The maximum absolute atomic E-state index is 9.67. The number of nitriles is 2. The lowest BCUT2D eigenvalue weighted by Gasteiger charge is -2.17. The summed E-state index contributed by atoms with van der Waals surface area (Å²) in [7, 11) is 0. The molecule has 0 aliphatic carbocycles. The van der Waals surface area contributed by atoms with Gasteiger partial charge in [-0.1, -0.05) is 84.9 Å². The number of para-hydroxylation sites is 4. The van der Waals surface area contributed by atoms with Crippen LogP contribution in [0.25, 0.3) is 0 Å². The van der Waals surface area contributed by atoms with E-state index in [0.29, 0.717) is 36.2 Å². The fourth-order valence-electron chi connectivity index (χ4n) is 3.92. The third kappa shape index (κ3) is 6.39. The van der Waals surface area contributed by atoms with E-state index in [1.165, 1.54) is 12.1 Å². The fraction of sp³-hybridized carbons (Fsp3) is 0.0588. The Hall–Kier alpha value is -5.72. The zero-order valence-electron chi connectivity index (χ0n) is 21.5. The molecule has 194 valence electrons. The van der Waals surface area contributed by atoms with E-state index in [1.807, 2.05) is 84.9 Å². The summed E-state index contributed by atoms with van der Waals surface area (Å²) in [5.74, 6) is 2.42. The average Bonchev–Trinajstić information content (AvgIpc) is 3.01. The highest BCUT2D eigenvalue weighted by Crippen LogP contribution is 2.42. The van der Waals surface area contributed by atoms with Crippen LogP contribution in [0.15, 0.2) is 121 Å². The van der Waals surface area contributed by atoms with E-state index in [1.54, 1.807) is 24.3 Å². The van der Waals surface area contributed by atoms with Crippen LogP contribution in [0.1, 0.15) is 22.3 Å². The van der Waals surface area contributed by atoms with Gasteiger partial charge in [0.2, 0.25) is 0 Å². The summed E-state index contributed by atoms with van der Waals surface area (Å²) >= 11 is 0. The minimum atomic E-state index is 0.168. The van der Waals surface area contributed by atoms with Gasteiger partial charge in [-0.25, -0.2) is 0 Å². The molecule has 6 nitrogen and oxygen atoms in total. The molecule has 40 heavy (non-hydrogen) atoms. The van der Waals surface area contributed by atoms with Crippen LogP contribution in [-0.2, 0) is 13.2 Å². The molecule has 0 atom stereocenters. The Morgan fingerprint density at radius 3 is 1.15 bits per heavy atom. The number of ether oxygens (including phenoxy) is 4. The molecule has 0 spiro atoms. The van der Waals surface area contributed by atoms with Crippen LogP contribution in [0.2, 0.25) is 0 Å². The topological polar surface area (TPSA) is 84.5 Å². The van der Waals surface area contributed by atoms with Gasteiger partial charge in [0.25, 0.3) is 0 Å². The smallest absolute Gasteiger partial charge is 0.171 e. The second kappa shape index (κ2) is 12.7. The van der Waals surface area contributed by atoms with Crippen molar-refractivity contribution < 1.29 is 18.9 Å². The van der Waals surface area contributed by atoms with Crippen molar-refractivity contribution in [3.8, 4) is 46.6 Å². The predicted molar refractivity (Wildman–Crippen MR) is 150 cm³/mol. The monoisotopic (exact) mass is 524 g/mol. The lowest BCUT2D eigenvalue weighted by Crippen LogP contribution is -2.00. The molecule has 0 fully saturated rings. The zero-order valence-corrected chi connectivity index (χ0v) is 21.5. The molecule has 0 saturated carbocycles. The molecule has 0 aliphatic rings. The Morgan fingerprint density at radius 2 is 0.775 bits per heavy atom. The van der Waals surface area contributed by atoms with Gasteiger partial charge in [-0.05, 0) is 35.4 Å². The standard InChI is InChI=1S/C34H24N2O4/c35-21-27-19-33(39-31-17-9-7-15-29(31)37-23-25-11-3-1-4-12-25)34(20-28(27)22-36)40-32-18-10-8-16-30(32)38-24-26-13-5-2-6-14-26/h1-20H,23-24H2. The Labute approximate surface area is 232 Å². The Morgan fingerprint density at radius 1 is 0.425 bits per heavy atom. The van der Waals surface area contributed by atoms with E-state index >= 15 is 0 Å². The summed E-state index contributed by atoms with van der Waals surface area (Å²) in [5, 5.41) is 19.3. The summed E-state index contributed by atoms with van der Waals surface area (Å²) in [6.45, 7) is 0.709. The molecule has 6 heteroatoms. The zero-order chi connectivity index (χ0) is 27.6. The van der Waals surface area contributed by atoms with Crippen molar-refractivity contribution in [3.63, 3.8) is 0 Å². The molecule has 5 aromatic rings. The number of rotatable bonds is 10.